The van der Waals surface area contributed by atoms with Crippen molar-refractivity contribution in [3.63, 3.8) is 0 Å². The number of hydrogen-bond donors (Lipinski definition) is 2. The van der Waals surface area contributed by atoms with Crippen LogP contribution in [0.1, 0.15) is 44.9 Å². The molecule has 0 heterocycles. The first-order valence-electron chi connectivity index (χ1n) is 6.17. The Hall–Kier alpha value is -1.06. The first-order valence-corrected chi connectivity index (χ1v) is 6.17. The number of carbonyl (C=O) groups excluding carboxylic acids is 1. The van der Waals surface area contributed by atoms with Crippen molar-refractivity contribution in [3.05, 3.63) is 0 Å². The van der Waals surface area contributed by atoms with Crippen molar-refractivity contribution in [2.75, 3.05) is 6.54 Å². The maximum Gasteiger partial charge on any atom is 0.319 e. The number of carboxylic acids is 1. The van der Waals surface area contributed by atoms with Crippen LogP contribution in [0.2, 0.25) is 0 Å². The lowest BCUT2D eigenvalue weighted by molar-refractivity contribution is -0.149. The molecule has 0 aliphatic heterocycles. The van der Waals surface area contributed by atoms with Gasteiger partial charge in [0.25, 0.3) is 0 Å². The minimum absolute atomic E-state index is 0.280. The van der Waals surface area contributed by atoms with Crippen molar-refractivity contribution >= 4 is 11.9 Å². The molecule has 0 saturated heterocycles. The molecule has 1 amide bonds. The van der Waals surface area contributed by atoms with Crippen LogP contribution in [0.3, 0.4) is 0 Å². The summed E-state index contributed by atoms with van der Waals surface area (Å²) in [5.74, 6) is -0.510. The topological polar surface area (TPSA) is 66.4 Å². The van der Waals surface area contributed by atoms with Gasteiger partial charge < -0.3 is 10.4 Å². The molecular weight excluding hydrogens is 206 g/mol. The van der Waals surface area contributed by atoms with Crippen LogP contribution in [0.5, 0.6) is 0 Å². The van der Waals surface area contributed by atoms with Crippen LogP contribution in [-0.2, 0) is 9.59 Å². The van der Waals surface area contributed by atoms with E-state index in [0.29, 0.717) is 19.4 Å². The van der Waals surface area contributed by atoms with Crippen LogP contribution in [0.15, 0.2) is 0 Å². The molecule has 2 aliphatic carbocycles. The van der Waals surface area contributed by atoms with Crippen molar-refractivity contribution in [3.8, 4) is 0 Å². The molecule has 4 heteroatoms. The van der Waals surface area contributed by atoms with E-state index >= 15 is 0 Å². The molecule has 0 bridgehead atoms. The summed E-state index contributed by atoms with van der Waals surface area (Å²) in [7, 11) is 0. The first kappa shape index (κ1) is 11.4. The third-order valence-electron chi connectivity index (χ3n) is 3.91. The second-order valence-electron chi connectivity index (χ2n) is 5.08. The lowest BCUT2D eigenvalue weighted by Crippen LogP contribution is -2.37. The summed E-state index contributed by atoms with van der Waals surface area (Å²) in [5, 5.41) is 11.7. The van der Waals surface area contributed by atoms with Gasteiger partial charge in [-0.3, -0.25) is 9.59 Å². The van der Waals surface area contributed by atoms with Gasteiger partial charge in [0.1, 0.15) is 5.41 Å². The maximum atomic E-state index is 11.7. The average Bonchev–Trinajstić information content (AvgIpc) is 2.92. The molecule has 90 valence electrons. The highest BCUT2D eigenvalue weighted by Gasteiger charge is 2.56. The smallest absolute Gasteiger partial charge is 0.319 e. The van der Waals surface area contributed by atoms with Crippen LogP contribution in [-0.4, -0.2) is 23.5 Å². The number of carbonyl (C=O) groups is 2. The van der Waals surface area contributed by atoms with E-state index in [1.165, 1.54) is 25.7 Å². The second-order valence-corrected chi connectivity index (χ2v) is 5.08. The molecule has 0 radical (unpaired) electrons. The zero-order valence-corrected chi connectivity index (χ0v) is 9.50. The van der Waals surface area contributed by atoms with Crippen molar-refractivity contribution in [1.82, 2.24) is 5.32 Å². The van der Waals surface area contributed by atoms with Gasteiger partial charge in [-0.15, -0.1) is 0 Å². The highest BCUT2D eigenvalue weighted by atomic mass is 16.4. The van der Waals surface area contributed by atoms with Crippen molar-refractivity contribution in [1.29, 1.82) is 0 Å². The summed E-state index contributed by atoms with van der Waals surface area (Å²) in [6.07, 6.45) is 7.13. The Morgan fingerprint density at radius 2 is 1.88 bits per heavy atom. The highest BCUT2D eigenvalue weighted by molar-refractivity contribution is 6.04. The van der Waals surface area contributed by atoms with Crippen LogP contribution in [0, 0.1) is 11.3 Å². The van der Waals surface area contributed by atoms with E-state index in [4.69, 9.17) is 5.11 Å². The Morgan fingerprint density at radius 3 is 2.38 bits per heavy atom. The molecule has 2 aliphatic rings. The summed E-state index contributed by atoms with van der Waals surface area (Å²) < 4.78 is 0. The fourth-order valence-corrected chi connectivity index (χ4v) is 2.52. The molecule has 2 rings (SSSR count). The quantitative estimate of drug-likeness (QED) is 0.697. The minimum Gasteiger partial charge on any atom is -0.480 e. The largest absolute Gasteiger partial charge is 0.480 e. The van der Waals surface area contributed by atoms with Crippen molar-refractivity contribution in [2.24, 2.45) is 11.3 Å². The van der Waals surface area contributed by atoms with E-state index in [-0.39, 0.29) is 5.91 Å². The van der Waals surface area contributed by atoms with Gasteiger partial charge in [-0.25, -0.2) is 0 Å². The van der Waals surface area contributed by atoms with E-state index in [9.17, 15) is 9.59 Å². The third-order valence-corrected chi connectivity index (χ3v) is 3.91. The summed E-state index contributed by atoms with van der Waals surface area (Å²) in [4.78, 5) is 22.5. The van der Waals surface area contributed by atoms with E-state index in [1.54, 1.807) is 0 Å². The number of nitrogens with one attached hydrogen (secondary N) is 1. The second kappa shape index (κ2) is 4.44. The fraction of sp³-hybridized carbons (Fsp3) is 0.833. The molecule has 0 unspecified atom stereocenters. The van der Waals surface area contributed by atoms with Crippen LogP contribution >= 0.6 is 0 Å². The van der Waals surface area contributed by atoms with E-state index in [2.05, 4.69) is 5.32 Å². The zero-order valence-electron chi connectivity index (χ0n) is 9.50. The molecule has 16 heavy (non-hydrogen) atoms. The predicted molar refractivity (Wildman–Crippen MR) is 58.9 cm³/mol. The van der Waals surface area contributed by atoms with Gasteiger partial charge in [0.2, 0.25) is 5.91 Å². The Morgan fingerprint density at radius 1 is 1.25 bits per heavy atom. The SMILES string of the molecule is O=C(O)C1(C(=O)NCCC2CCCC2)CC1. The van der Waals surface area contributed by atoms with E-state index in [0.717, 1.165) is 12.3 Å². The number of carboxylic acid groups (broad SMARTS) is 1. The molecule has 0 aromatic carbocycles. The van der Waals surface area contributed by atoms with Crippen LogP contribution in [0.25, 0.3) is 0 Å². The molecule has 2 saturated carbocycles. The van der Waals surface area contributed by atoms with Gasteiger partial charge in [-0.1, -0.05) is 25.7 Å². The summed E-state index contributed by atoms with van der Waals surface area (Å²) in [6, 6.07) is 0. The zero-order chi connectivity index (χ0) is 11.6. The fourth-order valence-electron chi connectivity index (χ4n) is 2.52. The van der Waals surface area contributed by atoms with E-state index < -0.39 is 11.4 Å². The van der Waals surface area contributed by atoms with Gasteiger partial charge in [0.05, 0.1) is 0 Å². The van der Waals surface area contributed by atoms with Crippen LogP contribution in [0.4, 0.5) is 0 Å². The van der Waals surface area contributed by atoms with Gasteiger partial charge in [0, 0.05) is 6.54 Å². The van der Waals surface area contributed by atoms with Gasteiger partial charge in [0.15, 0.2) is 0 Å². The summed E-state index contributed by atoms with van der Waals surface area (Å²) in [5.41, 5.74) is -1.07. The Bertz CT molecular complexity index is 291. The molecule has 4 nitrogen and oxygen atoms in total. The normalized spacial score (nSPS) is 23.0. The molecule has 0 aromatic heterocycles. The van der Waals surface area contributed by atoms with E-state index in [1.807, 2.05) is 0 Å². The van der Waals surface area contributed by atoms with Gasteiger partial charge in [-0.2, -0.15) is 0 Å². The molecule has 2 fully saturated rings. The Labute approximate surface area is 95.4 Å². The number of aliphatic carboxylic acids is 1. The predicted octanol–water partition coefficient (Wildman–Crippen LogP) is 1.55. The summed E-state index contributed by atoms with van der Waals surface area (Å²) >= 11 is 0. The summed E-state index contributed by atoms with van der Waals surface area (Å²) in [6.45, 7) is 0.637. The minimum atomic E-state index is -1.07. The first-order chi connectivity index (χ1) is 7.65. The lowest BCUT2D eigenvalue weighted by atomic mass is 10.0. The van der Waals surface area contributed by atoms with Crippen molar-refractivity contribution < 1.29 is 14.7 Å². The van der Waals surface area contributed by atoms with Gasteiger partial charge in [-0.05, 0) is 25.2 Å². The molecule has 2 N–H and O–H groups in total. The molecule has 0 aromatic rings. The number of hydrogen-bond acceptors (Lipinski definition) is 2. The molecular formula is C12H19NO3. The third kappa shape index (κ3) is 2.20. The number of amides is 1. The average molecular weight is 225 g/mol. The molecule has 0 spiro atoms. The lowest BCUT2D eigenvalue weighted by Gasteiger charge is -2.13. The van der Waals surface area contributed by atoms with Gasteiger partial charge >= 0.3 is 5.97 Å². The van der Waals surface area contributed by atoms with Crippen LogP contribution < -0.4 is 5.32 Å². The standard InChI is InChI=1S/C12H19NO3/c14-10(12(6-7-12)11(15)16)13-8-5-9-3-1-2-4-9/h9H,1-8H2,(H,13,14)(H,15,16). The highest BCUT2D eigenvalue weighted by Crippen LogP contribution is 2.46. The molecule has 0 atom stereocenters. The van der Waals surface area contributed by atoms with Crippen molar-refractivity contribution in [2.45, 2.75) is 44.9 Å². The monoisotopic (exact) mass is 225 g/mol. The Kier molecular flexibility index (Phi) is 3.17. The number of rotatable bonds is 5. The maximum absolute atomic E-state index is 11.7. The Balaban J connectivity index is 1.70.